The summed E-state index contributed by atoms with van der Waals surface area (Å²) in [6.07, 6.45) is 3.77. The van der Waals surface area contributed by atoms with Crippen molar-refractivity contribution in [3.8, 4) is 0 Å². The average Bonchev–Trinajstić information content (AvgIpc) is 2.78. The topological polar surface area (TPSA) is 49.5 Å². The summed E-state index contributed by atoms with van der Waals surface area (Å²) in [5, 5.41) is 10.4. The molecule has 3 nitrogen and oxygen atoms in total. The Bertz CT molecular complexity index is 426. The lowest BCUT2D eigenvalue weighted by Crippen LogP contribution is -2.42. The fourth-order valence-electron chi connectivity index (χ4n) is 3.00. The van der Waals surface area contributed by atoms with Crippen molar-refractivity contribution in [2.45, 2.75) is 31.3 Å². The second-order valence-corrected chi connectivity index (χ2v) is 5.59. The molecule has 0 saturated heterocycles. The van der Waals surface area contributed by atoms with Crippen LogP contribution in [0.25, 0.3) is 0 Å². The smallest absolute Gasteiger partial charge is 0.125 e. The number of nitrogens with two attached hydrogens (primary N) is 1. The predicted octanol–water partition coefficient (Wildman–Crippen LogP) is 2.14. The molecule has 0 amide bonds. The van der Waals surface area contributed by atoms with Gasteiger partial charge in [-0.3, -0.25) is 0 Å². The van der Waals surface area contributed by atoms with Crippen LogP contribution < -0.4 is 10.6 Å². The molecular formula is C15H23FN2O. The number of hydrogen-bond acceptors (Lipinski definition) is 3. The highest BCUT2D eigenvalue weighted by Gasteiger charge is 2.39. The molecule has 0 radical (unpaired) electrons. The number of hydrogen-bond donors (Lipinski definition) is 2. The predicted molar refractivity (Wildman–Crippen MR) is 75.6 cm³/mol. The first-order valence-electron chi connectivity index (χ1n) is 6.94. The van der Waals surface area contributed by atoms with Gasteiger partial charge < -0.3 is 15.7 Å². The zero-order valence-corrected chi connectivity index (χ0v) is 11.5. The zero-order valence-electron chi connectivity index (χ0n) is 11.5. The molecule has 106 valence electrons. The normalized spacial score (nSPS) is 26.6. The van der Waals surface area contributed by atoms with Crippen LogP contribution >= 0.6 is 0 Å². The molecule has 0 bridgehead atoms. The highest BCUT2D eigenvalue weighted by Crippen LogP contribution is 2.37. The van der Waals surface area contributed by atoms with Gasteiger partial charge in [-0.15, -0.1) is 0 Å². The third kappa shape index (κ3) is 3.25. The van der Waals surface area contributed by atoms with Crippen LogP contribution in [0.3, 0.4) is 0 Å². The molecule has 0 aliphatic heterocycles. The van der Waals surface area contributed by atoms with Gasteiger partial charge in [0, 0.05) is 25.8 Å². The largest absolute Gasteiger partial charge is 0.388 e. The SMILES string of the molecule is CN(CCC1CCCC1(O)CN)c1cccc(F)c1. The molecule has 1 aromatic carbocycles. The molecule has 2 atom stereocenters. The monoisotopic (exact) mass is 266 g/mol. The zero-order chi connectivity index (χ0) is 13.9. The van der Waals surface area contributed by atoms with Gasteiger partial charge in [0.2, 0.25) is 0 Å². The first-order valence-corrected chi connectivity index (χ1v) is 6.94. The third-order valence-corrected chi connectivity index (χ3v) is 4.34. The Morgan fingerprint density at radius 3 is 3.00 bits per heavy atom. The summed E-state index contributed by atoms with van der Waals surface area (Å²) in [6.45, 7) is 1.14. The minimum atomic E-state index is -0.692. The van der Waals surface area contributed by atoms with Crippen molar-refractivity contribution in [2.75, 3.05) is 25.0 Å². The van der Waals surface area contributed by atoms with Gasteiger partial charge in [-0.25, -0.2) is 4.39 Å². The lowest BCUT2D eigenvalue weighted by molar-refractivity contribution is 0.00896. The van der Waals surface area contributed by atoms with Crippen molar-refractivity contribution in [3.05, 3.63) is 30.1 Å². The molecule has 1 aromatic rings. The molecule has 3 N–H and O–H groups in total. The summed E-state index contributed by atoms with van der Waals surface area (Å²) < 4.78 is 13.2. The Morgan fingerprint density at radius 1 is 1.53 bits per heavy atom. The summed E-state index contributed by atoms with van der Waals surface area (Å²) in [4.78, 5) is 2.03. The lowest BCUT2D eigenvalue weighted by atomic mass is 9.88. The summed E-state index contributed by atoms with van der Waals surface area (Å²) >= 11 is 0. The Balaban J connectivity index is 1.92. The van der Waals surface area contributed by atoms with Gasteiger partial charge >= 0.3 is 0 Å². The number of aliphatic hydroxyl groups is 1. The molecule has 1 saturated carbocycles. The van der Waals surface area contributed by atoms with Crippen molar-refractivity contribution in [2.24, 2.45) is 11.7 Å². The van der Waals surface area contributed by atoms with Crippen molar-refractivity contribution in [1.82, 2.24) is 0 Å². The maximum Gasteiger partial charge on any atom is 0.125 e. The van der Waals surface area contributed by atoms with Crippen LogP contribution in [-0.4, -0.2) is 30.8 Å². The minimum Gasteiger partial charge on any atom is -0.388 e. The number of halogens is 1. The van der Waals surface area contributed by atoms with E-state index in [1.165, 1.54) is 12.1 Å². The molecule has 1 fully saturated rings. The first kappa shape index (κ1) is 14.3. The van der Waals surface area contributed by atoms with E-state index in [2.05, 4.69) is 0 Å². The van der Waals surface area contributed by atoms with E-state index in [1.54, 1.807) is 6.07 Å². The molecule has 1 aliphatic carbocycles. The molecule has 19 heavy (non-hydrogen) atoms. The maximum atomic E-state index is 13.2. The average molecular weight is 266 g/mol. The molecule has 2 unspecified atom stereocenters. The molecular weight excluding hydrogens is 243 g/mol. The maximum absolute atomic E-state index is 13.2. The Morgan fingerprint density at radius 2 is 2.32 bits per heavy atom. The van der Waals surface area contributed by atoms with E-state index < -0.39 is 5.60 Å². The molecule has 0 heterocycles. The number of nitrogens with zero attached hydrogens (tertiary/aromatic N) is 1. The minimum absolute atomic E-state index is 0.219. The van der Waals surface area contributed by atoms with Crippen molar-refractivity contribution in [3.63, 3.8) is 0 Å². The Kier molecular flexibility index (Phi) is 4.42. The van der Waals surface area contributed by atoms with Crippen LogP contribution in [0.5, 0.6) is 0 Å². The van der Waals surface area contributed by atoms with Gasteiger partial charge in [0.25, 0.3) is 0 Å². The highest BCUT2D eigenvalue weighted by atomic mass is 19.1. The summed E-state index contributed by atoms with van der Waals surface area (Å²) in [5.74, 6) is 0.0391. The van der Waals surface area contributed by atoms with Crippen LogP contribution in [0.2, 0.25) is 0 Å². The standard InChI is InChI=1S/C15H23FN2O/c1-18(14-6-2-5-13(16)10-14)9-7-12-4-3-8-15(12,19)11-17/h2,5-6,10,12,19H,3-4,7-9,11,17H2,1H3. The molecule has 0 spiro atoms. The Labute approximate surface area is 114 Å². The van der Waals surface area contributed by atoms with E-state index in [-0.39, 0.29) is 11.7 Å². The molecule has 0 aromatic heterocycles. The third-order valence-electron chi connectivity index (χ3n) is 4.34. The first-order chi connectivity index (χ1) is 9.05. The molecule has 1 aliphatic rings. The van der Waals surface area contributed by atoms with E-state index in [9.17, 15) is 9.50 Å². The number of benzene rings is 1. The van der Waals surface area contributed by atoms with Crippen LogP contribution in [0.1, 0.15) is 25.7 Å². The summed E-state index contributed by atoms with van der Waals surface area (Å²) in [5.41, 5.74) is 5.86. The van der Waals surface area contributed by atoms with Crippen LogP contribution in [-0.2, 0) is 0 Å². The quantitative estimate of drug-likeness (QED) is 0.858. The van der Waals surface area contributed by atoms with E-state index in [4.69, 9.17) is 5.73 Å². The highest BCUT2D eigenvalue weighted by molar-refractivity contribution is 5.45. The van der Waals surface area contributed by atoms with Crippen LogP contribution in [0.15, 0.2) is 24.3 Å². The fraction of sp³-hybridized carbons (Fsp3) is 0.600. The fourth-order valence-corrected chi connectivity index (χ4v) is 3.00. The number of anilines is 1. The van der Waals surface area contributed by atoms with Crippen molar-refractivity contribution in [1.29, 1.82) is 0 Å². The van der Waals surface area contributed by atoms with Gasteiger partial charge in [-0.2, -0.15) is 0 Å². The summed E-state index contributed by atoms with van der Waals surface area (Å²) in [6, 6.07) is 6.59. The van der Waals surface area contributed by atoms with Gasteiger partial charge in [-0.05, 0) is 43.4 Å². The summed E-state index contributed by atoms with van der Waals surface area (Å²) in [7, 11) is 1.95. The Hall–Kier alpha value is -1.13. The van der Waals surface area contributed by atoms with E-state index in [0.29, 0.717) is 6.54 Å². The lowest BCUT2D eigenvalue weighted by Gasteiger charge is -2.30. The van der Waals surface area contributed by atoms with Crippen molar-refractivity contribution < 1.29 is 9.50 Å². The van der Waals surface area contributed by atoms with Gasteiger partial charge in [0.15, 0.2) is 0 Å². The van der Waals surface area contributed by atoms with Crippen LogP contribution in [0, 0.1) is 11.7 Å². The van der Waals surface area contributed by atoms with Gasteiger partial charge in [0.05, 0.1) is 5.60 Å². The van der Waals surface area contributed by atoms with Crippen molar-refractivity contribution >= 4 is 5.69 Å². The van der Waals surface area contributed by atoms with E-state index in [1.807, 2.05) is 18.0 Å². The van der Waals surface area contributed by atoms with Crippen LogP contribution in [0.4, 0.5) is 10.1 Å². The molecule has 2 rings (SSSR count). The second-order valence-electron chi connectivity index (χ2n) is 5.59. The molecule has 4 heteroatoms. The number of rotatable bonds is 5. The van der Waals surface area contributed by atoms with Gasteiger partial charge in [-0.1, -0.05) is 12.5 Å². The van der Waals surface area contributed by atoms with Gasteiger partial charge in [0.1, 0.15) is 5.82 Å². The van der Waals surface area contributed by atoms with E-state index in [0.717, 1.165) is 37.9 Å². The van der Waals surface area contributed by atoms with E-state index >= 15 is 0 Å². The second kappa shape index (κ2) is 5.88.